The van der Waals surface area contributed by atoms with Crippen molar-refractivity contribution in [3.05, 3.63) is 71.8 Å². The van der Waals surface area contributed by atoms with E-state index in [0.717, 1.165) is 37.7 Å². The first-order chi connectivity index (χ1) is 16.9. The van der Waals surface area contributed by atoms with Crippen LogP contribution >= 0.6 is 0 Å². The third-order valence-electron chi connectivity index (χ3n) is 7.51. The average molecular weight is 474 g/mol. The molecule has 3 rings (SSSR count). The van der Waals surface area contributed by atoms with Gasteiger partial charge in [-0.3, -0.25) is 9.59 Å². The van der Waals surface area contributed by atoms with Gasteiger partial charge in [0.05, 0.1) is 11.5 Å². The van der Waals surface area contributed by atoms with Gasteiger partial charge in [-0.1, -0.05) is 87.9 Å². The predicted molar refractivity (Wildman–Crippen MR) is 140 cm³/mol. The molecule has 1 N–H and O–H groups in total. The Morgan fingerprint density at radius 2 is 1.71 bits per heavy atom. The number of amides is 2. The quantitative estimate of drug-likeness (QED) is 0.433. The Balaban J connectivity index is 1.50. The third-order valence-corrected chi connectivity index (χ3v) is 7.51. The summed E-state index contributed by atoms with van der Waals surface area (Å²) in [4.78, 5) is 27.6. The van der Waals surface area contributed by atoms with Gasteiger partial charge >= 0.3 is 0 Å². The molecule has 0 bridgehead atoms. The first-order valence-corrected chi connectivity index (χ1v) is 13.0. The molecule has 1 aliphatic heterocycles. The SMILES string of the molecule is CC(CNC(=O)[C@H]1CCCN1C(=O)CCCC[C@@](C#N)(c1ccccc1)C(C)C)c1ccccc1. The average Bonchev–Trinajstić information content (AvgIpc) is 3.38. The fourth-order valence-electron chi connectivity index (χ4n) is 5.18. The summed E-state index contributed by atoms with van der Waals surface area (Å²) in [5.74, 6) is 0.392. The normalized spacial score (nSPS) is 18.0. The molecule has 2 amide bonds. The van der Waals surface area contributed by atoms with E-state index in [1.807, 2.05) is 48.5 Å². The number of nitriles is 1. The zero-order valence-electron chi connectivity index (χ0n) is 21.4. The van der Waals surface area contributed by atoms with E-state index in [1.165, 1.54) is 5.56 Å². The fraction of sp³-hybridized carbons (Fsp3) is 0.500. The lowest BCUT2D eigenvalue weighted by atomic mass is 9.69. The van der Waals surface area contributed by atoms with Crippen molar-refractivity contribution in [2.75, 3.05) is 13.1 Å². The first kappa shape index (κ1) is 26.5. The minimum Gasteiger partial charge on any atom is -0.354 e. The van der Waals surface area contributed by atoms with E-state index >= 15 is 0 Å². The molecule has 0 radical (unpaired) electrons. The molecule has 5 heteroatoms. The number of unbranched alkanes of at least 4 members (excludes halogenated alkanes) is 1. The standard InChI is InChI=1S/C30H39N3O2/c1-23(2)30(22-31,26-15-8-5-9-16-26)19-11-10-18-28(34)33-20-12-17-27(33)29(35)32-21-24(3)25-13-6-4-7-14-25/h4-9,13-16,23-24,27H,10-12,17-21H2,1-3H3,(H,32,35)/t24?,27-,30+/m1/s1. The third kappa shape index (κ3) is 6.51. The number of nitrogens with one attached hydrogen (secondary N) is 1. The second-order valence-electron chi connectivity index (χ2n) is 10.1. The molecule has 1 heterocycles. The molecule has 1 fully saturated rings. The van der Waals surface area contributed by atoms with Crippen molar-refractivity contribution in [1.29, 1.82) is 5.26 Å². The molecule has 186 valence electrons. The molecule has 2 aromatic carbocycles. The van der Waals surface area contributed by atoms with E-state index < -0.39 is 5.41 Å². The van der Waals surface area contributed by atoms with Crippen LogP contribution in [0, 0.1) is 17.2 Å². The zero-order valence-corrected chi connectivity index (χ0v) is 21.4. The molecule has 0 spiro atoms. The number of hydrogen-bond donors (Lipinski definition) is 1. The number of carbonyl (C=O) groups excluding carboxylic acids is 2. The molecule has 1 aliphatic rings. The van der Waals surface area contributed by atoms with Gasteiger partial charge in [-0.25, -0.2) is 0 Å². The smallest absolute Gasteiger partial charge is 0.242 e. The molecule has 1 unspecified atom stereocenters. The van der Waals surface area contributed by atoms with Crippen molar-refractivity contribution in [2.45, 2.75) is 76.7 Å². The molecular weight excluding hydrogens is 434 g/mol. The summed E-state index contributed by atoms with van der Waals surface area (Å²) in [6.45, 7) is 7.48. The summed E-state index contributed by atoms with van der Waals surface area (Å²) < 4.78 is 0. The van der Waals surface area contributed by atoms with E-state index in [2.05, 4.69) is 44.3 Å². The van der Waals surface area contributed by atoms with Crippen LogP contribution < -0.4 is 5.32 Å². The van der Waals surface area contributed by atoms with Gasteiger partial charge in [0.2, 0.25) is 11.8 Å². The Morgan fingerprint density at radius 1 is 1.06 bits per heavy atom. The van der Waals surface area contributed by atoms with Gasteiger partial charge in [0.1, 0.15) is 6.04 Å². The highest BCUT2D eigenvalue weighted by molar-refractivity contribution is 5.88. The van der Waals surface area contributed by atoms with E-state index in [1.54, 1.807) is 4.90 Å². The number of hydrogen-bond acceptors (Lipinski definition) is 3. The maximum atomic E-state index is 13.0. The van der Waals surface area contributed by atoms with Crippen molar-refractivity contribution >= 4 is 11.8 Å². The monoisotopic (exact) mass is 473 g/mol. The molecule has 5 nitrogen and oxygen atoms in total. The summed E-state index contributed by atoms with van der Waals surface area (Å²) in [5, 5.41) is 13.1. The van der Waals surface area contributed by atoms with Crippen molar-refractivity contribution in [1.82, 2.24) is 10.2 Å². The van der Waals surface area contributed by atoms with Gasteiger partial charge in [0.25, 0.3) is 0 Å². The first-order valence-electron chi connectivity index (χ1n) is 13.0. The van der Waals surface area contributed by atoms with Crippen LogP contribution in [0.15, 0.2) is 60.7 Å². The van der Waals surface area contributed by atoms with Gasteiger partial charge in [-0.15, -0.1) is 0 Å². The van der Waals surface area contributed by atoms with Crippen molar-refractivity contribution < 1.29 is 9.59 Å². The van der Waals surface area contributed by atoms with Crippen LogP contribution in [0.5, 0.6) is 0 Å². The van der Waals surface area contributed by atoms with Crippen molar-refractivity contribution in [2.24, 2.45) is 5.92 Å². The highest BCUT2D eigenvalue weighted by atomic mass is 16.2. The van der Waals surface area contributed by atoms with E-state index in [-0.39, 0.29) is 29.7 Å². The number of benzene rings is 2. The minimum atomic E-state index is -0.546. The van der Waals surface area contributed by atoms with Crippen molar-refractivity contribution in [3.63, 3.8) is 0 Å². The fourth-order valence-corrected chi connectivity index (χ4v) is 5.18. The number of rotatable bonds is 11. The maximum absolute atomic E-state index is 13.0. The van der Waals surface area contributed by atoms with E-state index in [4.69, 9.17) is 0 Å². The minimum absolute atomic E-state index is 0.0468. The topological polar surface area (TPSA) is 73.2 Å². The molecule has 0 aromatic heterocycles. The second kappa shape index (κ2) is 12.5. The second-order valence-corrected chi connectivity index (χ2v) is 10.1. The molecule has 2 aromatic rings. The van der Waals surface area contributed by atoms with Gasteiger partial charge < -0.3 is 10.2 Å². The largest absolute Gasteiger partial charge is 0.354 e. The molecule has 3 atom stereocenters. The summed E-state index contributed by atoms with van der Waals surface area (Å²) in [5.41, 5.74) is 1.69. The van der Waals surface area contributed by atoms with Gasteiger partial charge in [0, 0.05) is 19.5 Å². The van der Waals surface area contributed by atoms with Crippen LogP contribution in [0.1, 0.15) is 76.3 Å². The Hall–Kier alpha value is -3.13. The number of carbonyl (C=O) groups is 2. The lowest BCUT2D eigenvalue weighted by Crippen LogP contribution is -2.46. The van der Waals surface area contributed by atoms with Gasteiger partial charge in [0.15, 0.2) is 0 Å². The van der Waals surface area contributed by atoms with Gasteiger partial charge in [-0.05, 0) is 48.6 Å². The van der Waals surface area contributed by atoms with Crippen LogP contribution in [-0.4, -0.2) is 35.8 Å². The van der Waals surface area contributed by atoms with Crippen LogP contribution in [0.2, 0.25) is 0 Å². The maximum Gasteiger partial charge on any atom is 0.242 e. The van der Waals surface area contributed by atoms with Gasteiger partial charge in [-0.2, -0.15) is 5.26 Å². The summed E-state index contributed by atoms with van der Waals surface area (Å²) in [7, 11) is 0. The Labute approximate surface area is 210 Å². The highest BCUT2D eigenvalue weighted by Gasteiger charge is 2.36. The summed E-state index contributed by atoms with van der Waals surface area (Å²) in [6, 6.07) is 22.3. The van der Waals surface area contributed by atoms with Crippen molar-refractivity contribution in [3.8, 4) is 6.07 Å². The lowest BCUT2D eigenvalue weighted by Gasteiger charge is -2.31. The highest BCUT2D eigenvalue weighted by Crippen LogP contribution is 2.37. The number of likely N-dealkylation sites (tertiary alicyclic amines) is 1. The summed E-state index contributed by atoms with van der Waals surface area (Å²) >= 11 is 0. The van der Waals surface area contributed by atoms with Crippen LogP contribution in [0.25, 0.3) is 0 Å². The van der Waals surface area contributed by atoms with E-state index in [0.29, 0.717) is 19.5 Å². The van der Waals surface area contributed by atoms with Crippen LogP contribution in [0.3, 0.4) is 0 Å². The Morgan fingerprint density at radius 3 is 2.34 bits per heavy atom. The van der Waals surface area contributed by atoms with Crippen LogP contribution in [-0.2, 0) is 15.0 Å². The Kier molecular flexibility index (Phi) is 9.48. The van der Waals surface area contributed by atoms with Crippen LogP contribution in [0.4, 0.5) is 0 Å². The Bertz CT molecular complexity index is 999. The molecule has 0 aliphatic carbocycles. The molecule has 1 saturated heterocycles. The van der Waals surface area contributed by atoms with E-state index in [9.17, 15) is 14.9 Å². The predicted octanol–water partition coefficient (Wildman–Crippen LogP) is 5.58. The zero-order chi connectivity index (χ0) is 25.3. The molecule has 35 heavy (non-hydrogen) atoms. The molecule has 0 saturated carbocycles. The summed E-state index contributed by atoms with van der Waals surface area (Å²) in [6.07, 6.45) is 4.23. The lowest BCUT2D eigenvalue weighted by molar-refractivity contribution is -0.138. The molecular formula is C30H39N3O2. The number of nitrogens with zero attached hydrogens (tertiary/aromatic N) is 2.